The molecule has 0 aromatic carbocycles. The van der Waals surface area contributed by atoms with E-state index in [1.165, 1.54) is 0 Å². The van der Waals surface area contributed by atoms with Gasteiger partial charge in [-0.1, -0.05) is 36.0 Å². The van der Waals surface area contributed by atoms with Gasteiger partial charge in [-0.25, -0.2) is 4.31 Å². The van der Waals surface area contributed by atoms with E-state index in [2.05, 4.69) is 0 Å². The number of allylic oxidation sites excluding steroid dienone is 2. The maximum Gasteiger partial charge on any atom is 0.324 e. The molecule has 86 valence electrons. The molecule has 0 aromatic heterocycles. The molecule has 3 aliphatic rings. The predicted molar refractivity (Wildman–Crippen MR) is 60.9 cm³/mol. The first-order valence-electron chi connectivity index (χ1n) is 4.72. The molecule has 4 nitrogen and oxygen atoms in total. The fraction of sp³-hybridized carbons (Fsp3) is 0.300. The highest BCUT2D eigenvalue weighted by molar-refractivity contribution is 8.12. The summed E-state index contributed by atoms with van der Waals surface area (Å²) < 4.78 is 23.3. The number of rotatable bonds is 1. The van der Waals surface area contributed by atoms with Gasteiger partial charge in [-0.2, -0.15) is 8.42 Å². The average molecular weight is 260 g/mol. The lowest BCUT2D eigenvalue weighted by atomic mass is 9.96. The van der Waals surface area contributed by atoms with E-state index in [9.17, 15) is 13.2 Å². The van der Waals surface area contributed by atoms with Gasteiger partial charge in [0.25, 0.3) is 0 Å². The van der Waals surface area contributed by atoms with Crippen LogP contribution >= 0.6 is 10.7 Å². The van der Waals surface area contributed by atoms with Gasteiger partial charge in [0, 0.05) is 10.7 Å². The van der Waals surface area contributed by atoms with Crippen molar-refractivity contribution in [2.24, 2.45) is 5.92 Å². The van der Waals surface area contributed by atoms with Gasteiger partial charge in [-0.05, 0) is 6.92 Å². The summed E-state index contributed by atoms with van der Waals surface area (Å²) in [4.78, 5) is 11.9. The Balaban J connectivity index is 2.54. The maximum atomic E-state index is 11.9. The zero-order valence-corrected chi connectivity index (χ0v) is 10.1. The summed E-state index contributed by atoms with van der Waals surface area (Å²) in [6.07, 6.45) is 8.47. The Morgan fingerprint density at radius 3 is 2.62 bits per heavy atom. The average Bonchev–Trinajstić information content (AvgIpc) is 2.12. The summed E-state index contributed by atoms with van der Waals surface area (Å²) >= 11 is 0. The first-order valence-corrected chi connectivity index (χ1v) is 6.99. The molecular formula is C10H10ClNO3S. The van der Waals surface area contributed by atoms with Gasteiger partial charge in [-0.15, -0.1) is 0 Å². The van der Waals surface area contributed by atoms with Crippen LogP contribution in [-0.2, 0) is 14.0 Å². The van der Waals surface area contributed by atoms with Gasteiger partial charge in [0.1, 0.15) is 0 Å². The van der Waals surface area contributed by atoms with Crippen LogP contribution in [0.1, 0.15) is 6.92 Å². The minimum absolute atomic E-state index is 0.508. The monoisotopic (exact) mass is 259 g/mol. The van der Waals surface area contributed by atoms with Crippen molar-refractivity contribution in [1.82, 2.24) is 4.31 Å². The second kappa shape index (κ2) is 3.75. The third-order valence-electron chi connectivity index (χ3n) is 2.52. The molecule has 1 aliphatic carbocycles. The molecule has 2 bridgehead atoms. The van der Waals surface area contributed by atoms with E-state index in [1.807, 2.05) is 6.92 Å². The lowest BCUT2D eigenvalue weighted by Gasteiger charge is -2.31. The zero-order chi connectivity index (χ0) is 11.9. The van der Waals surface area contributed by atoms with E-state index < -0.39 is 27.1 Å². The molecule has 0 aromatic rings. The number of hydrogen-bond donors (Lipinski definition) is 0. The molecule has 0 spiro atoms. The van der Waals surface area contributed by atoms with E-state index in [0.717, 1.165) is 5.57 Å². The third kappa shape index (κ3) is 1.92. The molecule has 0 N–H and O–H groups in total. The lowest BCUT2D eigenvalue weighted by Crippen LogP contribution is -2.46. The van der Waals surface area contributed by atoms with Crippen molar-refractivity contribution < 1.29 is 13.2 Å². The van der Waals surface area contributed by atoms with Crippen LogP contribution in [0.25, 0.3) is 0 Å². The van der Waals surface area contributed by atoms with Crippen LogP contribution in [-0.4, -0.2) is 24.7 Å². The van der Waals surface area contributed by atoms with Gasteiger partial charge in [0.2, 0.25) is 5.91 Å². The van der Waals surface area contributed by atoms with E-state index in [0.29, 0.717) is 4.31 Å². The highest BCUT2D eigenvalue weighted by Crippen LogP contribution is 2.27. The highest BCUT2D eigenvalue weighted by Gasteiger charge is 2.37. The van der Waals surface area contributed by atoms with Crippen molar-refractivity contribution in [3.05, 3.63) is 36.0 Å². The Labute approximate surface area is 98.4 Å². The van der Waals surface area contributed by atoms with Gasteiger partial charge < -0.3 is 0 Å². The van der Waals surface area contributed by atoms with Crippen molar-refractivity contribution in [3.8, 4) is 0 Å². The Bertz CT molecular complexity index is 518. The molecule has 2 aliphatic heterocycles. The summed E-state index contributed by atoms with van der Waals surface area (Å²) in [6.45, 7) is 1.86. The van der Waals surface area contributed by atoms with Crippen LogP contribution < -0.4 is 0 Å². The number of hydrogen-bond acceptors (Lipinski definition) is 3. The second-order valence-electron chi connectivity index (χ2n) is 3.75. The van der Waals surface area contributed by atoms with Crippen molar-refractivity contribution in [1.29, 1.82) is 0 Å². The molecule has 6 heteroatoms. The van der Waals surface area contributed by atoms with Gasteiger partial charge in [-0.3, -0.25) is 4.79 Å². The van der Waals surface area contributed by atoms with Crippen LogP contribution in [0.2, 0.25) is 0 Å². The minimum atomic E-state index is -4.04. The molecule has 0 saturated carbocycles. The van der Waals surface area contributed by atoms with E-state index in [-0.39, 0.29) is 0 Å². The minimum Gasteiger partial charge on any atom is -0.273 e. The summed E-state index contributed by atoms with van der Waals surface area (Å²) in [5, 5.41) is 0. The smallest absolute Gasteiger partial charge is 0.273 e. The normalized spacial score (nSPS) is 29.0. The summed E-state index contributed by atoms with van der Waals surface area (Å²) in [5.74, 6) is -1.05. The van der Waals surface area contributed by atoms with E-state index in [4.69, 9.17) is 10.7 Å². The van der Waals surface area contributed by atoms with E-state index >= 15 is 0 Å². The van der Waals surface area contributed by atoms with Crippen molar-refractivity contribution in [2.75, 3.05) is 0 Å². The van der Waals surface area contributed by atoms with Gasteiger partial charge >= 0.3 is 9.24 Å². The highest BCUT2D eigenvalue weighted by atomic mass is 35.7. The Morgan fingerprint density at radius 2 is 2.00 bits per heavy atom. The molecule has 1 amide bonds. The zero-order valence-electron chi connectivity index (χ0n) is 8.50. The first kappa shape index (κ1) is 11.4. The number of carbonyl (C=O) groups is 1. The van der Waals surface area contributed by atoms with E-state index in [1.54, 1.807) is 30.4 Å². The molecular weight excluding hydrogens is 250 g/mol. The van der Waals surface area contributed by atoms with Gasteiger partial charge in [0.05, 0.1) is 12.0 Å². The second-order valence-corrected chi connectivity index (χ2v) is 6.13. The Hall–Kier alpha value is -1.07. The lowest BCUT2D eigenvalue weighted by molar-refractivity contribution is -0.128. The summed E-state index contributed by atoms with van der Waals surface area (Å²) in [5.41, 5.74) is 0.930. The number of nitrogens with zero attached hydrogens (tertiary/aromatic N) is 1. The summed E-state index contributed by atoms with van der Waals surface area (Å²) in [6, 6.07) is -0.616. The number of amides is 1. The maximum absolute atomic E-state index is 11.9. The molecule has 2 atom stereocenters. The molecule has 0 radical (unpaired) electrons. The number of carbonyl (C=O) groups excluding carboxylic acids is 1. The third-order valence-corrected chi connectivity index (χ3v) is 3.86. The topological polar surface area (TPSA) is 54.5 Å². The van der Waals surface area contributed by atoms with Crippen LogP contribution in [0, 0.1) is 5.92 Å². The first-order chi connectivity index (χ1) is 7.39. The largest absolute Gasteiger partial charge is 0.324 e. The quantitative estimate of drug-likeness (QED) is 0.528. The van der Waals surface area contributed by atoms with Crippen molar-refractivity contribution >= 4 is 25.8 Å². The standard InChI is InChI=1S/C10H10ClNO3S/c1-7-2-4-9-5-3-8(6-7)10(13)12(9)16(11,14)15/h2-6,8-9H,1H3/t8-,9-/m1/s1. The van der Waals surface area contributed by atoms with Crippen LogP contribution in [0.15, 0.2) is 36.0 Å². The van der Waals surface area contributed by atoms with Gasteiger partial charge in [0.15, 0.2) is 0 Å². The fourth-order valence-electron chi connectivity index (χ4n) is 1.80. The molecule has 0 saturated heterocycles. The number of fused-ring (bicyclic) bond motifs is 2. The van der Waals surface area contributed by atoms with Crippen LogP contribution in [0.3, 0.4) is 0 Å². The molecule has 16 heavy (non-hydrogen) atoms. The predicted octanol–water partition coefficient (Wildman–Crippen LogP) is 1.37. The van der Waals surface area contributed by atoms with Crippen molar-refractivity contribution in [3.63, 3.8) is 0 Å². The molecule has 3 rings (SSSR count). The fourth-order valence-corrected chi connectivity index (χ4v) is 3.05. The summed E-state index contributed by atoms with van der Waals surface area (Å²) in [7, 11) is 1.21. The van der Waals surface area contributed by atoms with Crippen LogP contribution in [0.5, 0.6) is 0 Å². The molecule has 2 heterocycles. The van der Waals surface area contributed by atoms with Crippen LogP contribution in [0.4, 0.5) is 0 Å². The molecule has 0 fully saturated rings. The molecule has 0 unspecified atom stereocenters. The SMILES string of the molecule is CC1=C[C@H]2C=C[C@@H](C=C1)N(S(=O)(=O)Cl)C2=O. The Morgan fingerprint density at radius 1 is 1.31 bits per heavy atom. The number of halogens is 1. The van der Waals surface area contributed by atoms with Crippen molar-refractivity contribution in [2.45, 2.75) is 13.0 Å². The Kier molecular flexibility index (Phi) is 2.67.